The summed E-state index contributed by atoms with van der Waals surface area (Å²) < 4.78 is 0. The molecule has 8 nitrogen and oxygen atoms in total. The lowest BCUT2D eigenvalue weighted by Crippen LogP contribution is -2.48. The van der Waals surface area contributed by atoms with Gasteiger partial charge >= 0.3 is 0 Å². The van der Waals surface area contributed by atoms with Gasteiger partial charge < -0.3 is 15.1 Å². The van der Waals surface area contributed by atoms with Crippen molar-refractivity contribution in [3.63, 3.8) is 0 Å². The number of carbonyl (C=O) groups is 2. The van der Waals surface area contributed by atoms with E-state index in [4.69, 9.17) is 11.6 Å². The molecule has 0 saturated carbocycles. The molecule has 1 aliphatic rings. The lowest BCUT2D eigenvalue weighted by atomic mass is 10.2. The van der Waals surface area contributed by atoms with Crippen LogP contribution in [0.15, 0.2) is 48.5 Å². The van der Waals surface area contributed by atoms with Crippen molar-refractivity contribution in [3.05, 3.63) is 69.2 Å². The molecule has 0 radical (unpaired) electrons. The molecule has 2 aromatic carbocycles. The van der Waals surface area contributed by atoms with Gasteiger partial charge in [0.05, 0.1) is 15.6 Å². The molecule has 2 aromatic rings. The largest absolute Gasteiger partial charge is 0.367 e. The van der Waals surface area contributed by atoms with Crippen LogP contribution in [0.4, 0.5) is 17.1 Å². The van der Waals surface area contributed by atoms with Crippen molar-refractivity contribution in [3.8, 4) is 0 Å². The maximum atomic E-state index is 12.2. The van der Waals surface area contributed by atoms with Crippen LogP contribution in [0, 0.1) is 10.1 Å². The summed E-state index contributed by atoms with van der Waals surface area (Å²) in [6.07, 6.45) is 4.24. The van der Waals surface area contributed by atoms with Gasteiger partial charge in [0.2, 0.25) is 11.8 Å². The molecule has 0 bridgehead atoms. The maximum Gasteiger partial charge on any atom is 0.270 e. The lowest BCUT2D eigenvalue weighted by Gasteiger charge is -2.36. The zero-order chi connectivity index (χ0) is 23.1. The second-order valence-electron chi connectivity index (χ2n) is 7.46. The summed E-state index contributed by atoms with van der Waals surface area (Å²) in [5, 5.41) is 14.1. The van der Waals surface area contributed by atoms with Crippen LogP contribution in [0.2, 0.25) is 5.02 Å². The number of nitro groups is 1. The highest BCUT2D eigenvalue weighted by Gasteiger charge is 2.22. The Kier molecular flexibility index (Phi) is 7.83. The molecule has 1 aliphatic heterocycles. The number of nitro benzene ring substituents is 1. The molecule has 2 amide bonds. The smallest absolute Gasteiger partial charge is 0.270 e. The van der Waals surface area contributed by atoms with Gasteiger partial charge in [-0.1, -0.05) is 30.7 Å². The average Bonchev–Trinajstić information content (AvgIpc) is 2.78. The van der Waals surface area contributed by atoms with Gasteiger partial charge in [0, 0.05) is 56.5 Å². The fourth-order valence-corrected chi connectivity index (χ4v) is 3.81. The topological polar surface area (TPSA) is 95.8 Å². The molecule has 1 N–H and O–H groups in total. The molecule has 1 fully saturated rings. The summed E-state index contributed by atoms with van der Waals surface area (Å²) in [6, 6.07) is 11.3. The minimum atomic E-state index is -0.482. The van der Waals surface area contributed by atoms with Crippen molar-refractivity contribution in [1.82, 2.24) is 4.90 Å². The fraction of sp³-hybridized carbons (Fsp3) is 0.304. The number of anilines is 2. The highest BCUT2D eigenvalue weighted by Crippen LogP contribution is 2.30. The minimum Gasteiger partial charge on any atom is -0.367 e. The molecule has 0 aromatic heterocycles. The average molecular weight is 457 g/mol. The second-order valence-corrected chi connectivity index (χ2v) is 7.87. The number of hydrogen-bond acceptors (Lipinski definition) is 5. The summed E-state index contributed by atoms with van der Waals surface area (Å²) in [5.74, 6) is -0.183. The molecule has 0 unspecified atom stereocenters. The van der Waals surface area contributed by atoms with E-state index in [0.29, 0.717) is 48.9 Å². The Morgan fingerprint density at radius 3 is 2.56 bits per heavy atom. The van der Waals surface area contributed by atoms with Crippen LogP contribution in [0.1, 0.15) is 25.3 Å². The number of rotatable bonds is 7. The highest BCUT2D eigenvalue weighted by molar-refractivity contribution is 6.33. The van der Waals surface area contributed by atoms with E-state index in [2.05, 4.69) is 10.2 Å². The predicted molar refractivity (Wildman–Crippen MR) is 126 cm³/mol. The van der Waals surface area contributed by atoms with Crippen LogP contribution in [0.5, 0.6) is 0 Å². The summed E-state index contributed by atoms with van der Waals surface area (Å²) in [7, 11) is 0. The zero-order valence-corrected chi connectivity index (χ0v) is 18.5. The van der Waals surface area contributed by atoms with Crippen LogP contribution < -0.4 is 10.2 Å². The first-order chi connectivity index (χ1) is 15.4. The Morgan fingerprint density at radius 2 is 1.91 bits per heavy atom. The minimum absolute atomic E-state index is 0.0366. The molecular weight excluding hydrogens is 432 g/mol. The number of non-ortho nitro benzene ring substituents is 1. The van der Waals surface area contributed by atoms with E-state index in [0.717, 1.165) is 12.1 Å². The molecule has 168 valence electrons. The normalized spacial score (nSPS) is 13.9. The van der Waals surface area contributed by atoms with Crippen molar-refractivity contribution in [1.29, 1.82) is 0 Å². The van der Waals surface area contributed by atoms with Crippen LogP contribution in [-0.2, 0) is 9.59 Å². The van der Waals surface area contributed by atoms with Gasteiger partial charge in [0.25, 0.3) is 5.69 Å². The van der Waals surface area contributed by atoms with Gasteiger partial charge in [-0.2, -0.15) is 0 Å². The lowest BCUT2D eigenvalue weighted by molar-refractivity contribution is -0.384. The number of nitrogens with zero attached hydrogens (tertiary/aromatic N) is 3. The summed E-state index contributed by atoms with van der Waals surface area (Å²) >= 11 is 6.46. The Labute approximate surface area is 191 Å². The van der Waals surface area contributed by atoms with Gasteiger partial charge in [-0.25, -0.2) is 0 Å². The Bertz CT molecular complexity index is 1030. The number of piperazine rings is 1. The van der Waals surface area contributed by atoms with Gasteiger partial charge in [-0.15, -0.1) is 0 Å². The van der Waals surface area contributed by atoms with E-state index in [-0.39, 0.29) is 17.5 Å². The third kappa shape index (κ3) is 6.07. The summed E-state index contributed by atoms with van der Waals surface area (Å²) in [6.45, 7) is 4.73. The molecular formula is C23H25ClN4O4. The molecule has 0 aliphatic carbocycles. The summed E-state index contributed by atoms with van der Waals surface area (Å²) in [4.78, 5) is 38.7. The maximum absolute atomic E-state index is 12.2. The van der Waals surface area contributed by atoms with Crippen molar-refractivity contribution in [2.24, 2.45) is 0 Å². The third-order valence-electron chi connectivity index (χ3n) is 5.16. The predicted octanol–water partition coefficient (Wildman–Crippen LogP) is 4.35. The van der Waals surface area contributed by atoms with Crippen molar-refractivity contribution in [2.75, 3.05) is 36.4 Å². The van der Waals surface area contributed by atoms with Gasteiger partial charge in [-0.05, 0) is 36.3 Å². The van der Waals surface area contributed by atoms with Gasteiger partial charge in [0.15, 0.2) is 0 Å². The first-order valence-corrected chi connectivity index (χ1v) is 10.8. The van der Waals surface area contributed by atoms with Crippen LogP contribution in [0.25, 0.3) is 6.08 Å². The molecule has 3 rings (SSSR count). The molecule has 1 saturated heterocycles. The monoisotopic (exact) mass is 456 g/mol. The van der Waals surface area contributed by atoms with E-state index in [1.807, 2.05) is 17.9 Å². The van der Waals surface area contributed by atoms with Crippen LogP contribution in [0.3, 0.4) is 0 Å². The van der Waals surface area contributed by atoms with Gasteiger partial charge in [0.1, 0.15) is 0 Å². The highest BCUT2D eigenvalue weighted by atomic mass is 35.5. The number of nitrogens with one attached hydrogen (secondary N) is 1. The van der Waals surface area contributed by atoms with Crippen molar-refractivity contribution >= 4 is 46.6 Å². The molecule has 0 spiro atoms. The SMILES string of the molecule is CCCC(=O)N1CCN(c2ccc(NC(=O)/C=C/c3cccc([N+](=O)[O-])c3)cc2Cl)CC1. The van der Waals surface area contributed by atoms with E-state index in [9.17, 15) is 19.7 Å². The third-order valence-corrected chi connectivity index (χ3v) is 5.46. The second kappa shape index (κ2) is 10.8. The number of halogens is 1. The Balaban J connectivity index is 1.58. The number of amides is 2. The summed E-state index contributed by atoms with van der Waals surface area (Å²) in [5.41, 5.74) is 1.92. The van der Waals surface area contributed by atoms with E-state index < -0.39 is 4.92 Å². The van der Waals surface area contributed by atoms with Crippen molar-refractivity contribution in [2.45, 2.75) is 19.8 Å². The standard InChI is InChI=1S/C23H25ClN4O4/c1-2-4-23(30)27-13-11-26(12-14-27)21-9-8-18(16-20(21)24)25-22(29)10-7-17-5-3-6-19(15-17)28(31)32/h3,5-10,15-16H,2,4,11-14H2,1H3,(H,25,29)/b10-7+. The molecule has 9 heteroatoms. The number of carbonyl (C=O) groups excluding carboxylic acids is 2. The first-order valence-electron chi connectivity index (χ1n) is 10.4. The molecule has 32 heavy (non-hydrogen) atoms. The van der Waals surface area contributed by atoms with Crippen LogP contribution in [-0.4, -0.2) is 47.8 Å². The number of benzene rings is 2. The van der Waals surface area contributed by atoms with Gasteiger partial charge in [-0.3, -0.25) is 19.7 Å². The Morgan fingerprint density at radius 1 is 1.16 bits per heavy atom. The first kappa shape index (κ1) is 23.3. The van der Waals surface area contributed by atoms with E-state index >= 15 is 0 Å². The Hall–Kier alpha value is -3.39. The van der Waals surface area contributed by atoms with Crippen LogP contribution >= 0.6 is 11.6 Å². The number of hydrogen-bond donors (Lipinski definition) is 1. The molecule has 0 atom stereocenters. The van der Waals surface area contributed by atoms with E-state index in [1.54, 1.807) is 24.3 Å². The quantitative estimate of drug-likeness (QED) is 0.379. The van der Waals surface area contributed by atoms with E-state index in [1.165, 1.54) is 24.3 Å². The molecule has 1 heterocycles. The fourth-order valence-electron chi connectivity index (χ4n) is 3.51. The zero-order valence-electron chi connectivity index (χ0n) is 17.8. The van der Waals surface area contributed by atoms with Crippen molar-refractivity contribution < 1.29 is 14.5 Å².